The first-order valence-electron chi connectivity index (χ1n) is 6.66. The van der Waals surface area contributed by atoms with E-state index in [4.69, 9.17) is 10.5 Å². The normalized spacial score (nSPS) is 10.5. The first-order valence-corrected chi connectivity index (χ1v) is 6.66. The maximum atomic E-state index is 12.7. The van der Waals surface area contributed by atoms with Crippen molar-refractivity contribution >= 4 is 22.2 Å². The third-order valence-corrected chi connectivity index (χ3v) is 3.50. The number of ether oxygens (including phenoxy) is 1. The van der Waals surface area contributed by atoms with E-state index >= 15 is 0 Å². The Kier molecular flexibility index (Phi) is 3.32. The lowest BCUT2D eigenvalue weighted by molar-refractivity contribution is 0.104. The maximum absolute atomic E-state index is 12.7. The average molecular weight is 277 g/mol. The van der Waals surface area contributed by atoms with Crippen LogP contribution in [0.25, 0.3) is 10.8 Å². The maximum Gasteiger partial charge on any atom is 0.193 e. The van der Waals surface area contributed by atoms with Gasteiger partial charge in [-0.15, -0.1) is 0 Å². The van der Waals surface area contributed by atoms with E-state index in [2.05, 4.69) is 0 Å². The summed E-state index contributed by atoms with van der Waals surface area (Å²) in [5, 5.41) is 1.80. The van der Waals surface area contributed by atoms with Crippen LogP contribution < -0.4 is 10.5 Å². The number of rotatable bonds is 3. The van der Waals surface area contributed by atoms with Gasteiger partial charge in [0.2, 0.25) is 0 Å². The zero-order valence-corrected chi connectivity index (χ0v) is 11.7. The van der Waals surface area contributed by atoms with Crippen molar-refractivity contribution in [1.82, 2.24) is 0 Å². The van der Waals surface area contributed by atoms with E-state index in [0.717, 1.165) is 16.5 Å². The van der Waals surface area contributed by atoms with Crippen LogP contribution in [-0.4, -0.2) is 12.9 Å². The number of benzene rings is 3. The second kappa shape index (κ2) is 5.29. The highest BCUT2D eigenvalue weighted by molar-refractivity contribution is 6.17. The van der Waals surface area contributed by atoms with Crippen molar-refractivity contribution in [2.24, 2.45) is 0 Å². The molecule has 21 heavy (non-hydrogen) atoms. The number of carbonyl (C=O) groups excluding carboxylic acids is 1. The standard InChI is InChI=1S/C18H15NO2/c1-21-17-10-9-16(14-7-2-3-8-15(14)17)18(20)12-5-4-6-13(19)11-12/h2-11H,19H2,1H3. The van der Waals surface area contributed by atoms with Crippen molar-refractivity contribution in [1.29, 1.82) is 0 Å². The molecule has 3 nitrogen and oxygen atoms in total. The fraction of sp³-hybridized carbons (Fsp3) is 0.0556. The number of methoxy groups -OCH3 is 1. The molecule has 0 saturated carbocycles. The summed E-state index contributed by atoms with van der Waals surface area (Å²) in [6.07, 6.45) is 0. The van der Waals surface area contributed by atoms with E-state index in [1.54, 1.807) is 37.4 Å². The van der Waals surface area contributed by atoms with Gasteiger partial charge in [-0.25, -0.2) is 0 Å². The SMILES string of the molecule is COc1ccc(C(=O)c2cccc(N)c2)c2ccccc12. The highest BCUT2D eigenvalue weighted by atomic mass is 16.5. The lowest BCUT2D eigenvalue weighted by Crippen LogP contribution is -2.03. The smallest absolute Gasteiger partial charge is 0.193 e. The van der Waals surface area contributed by atoms with Gasteiger partial charge < -0.3 is 10.5 Å². The molecular weight excluding hydrogens is 262 g/mol. The molecule has 0 spiro atoms. The quantitative estimate of drug-likeness (QED) is 0.587. The van der Waals surface area contributed by atoms with Crippen LogP contribution in [0.3, 0.4) is 0 Å². The van der Waals surface area contributed by atoms with E-state index in [-0.39, 0.29) is 5.78 Å². The molecule has 0 heterocycles. The Bertz CT molecular complexity index is 824. The van der Waals surface area contributed by atoms with Crippen molar-refractivity contribution in [2.45, 2.75) is 0 Å². The number of carbonyl (C=O) groups is 1. The predicted molar refractivity (Wildman–Crippen MR) is 84.8 cm³/mol. The van der Waals surface area contributed by atoms with Crippen LogP contribution in [0.1, 0.15) is 15.9 Å². The average Bonchev–Trinajstić information content (AvgIpc) is 2.53. The van der Waals surface area contributed by atoms with Gasteiger partial charge in [-0.05, 0) is 29.7 Å². The molecule has 0 saturated heterocycles. The predicted octanol–water partition coefficient (Wildman–Crippen LogP) is 3.66. The van der Waals surface area contributed by atoms with Crippen molar-refractivity contribution in [3.63, 3.8) is 0 Å². The highest BCUT2D eigenvalue weighted by Crippen LogP contribution is 2.29. The molecule has 0 radical (unpaired) electrons. The number of nitrogens with two attached hydrogens (primary N) is 1. The monoisotopic (exact) mass is 277 g/mol. The summed E-state index contributed by atoms with van der Waals surface area (Å²) in [6, 6.07) is 18.4. The summed E-state index contributed by atoms with van der Waals surface area (Å²) in [7, 11) is 1.63. The number of anilines is 1. The van der Waals surface area contributed by atoms with E-state index in [9.17, 15) is 4.79 Å². The van der Waals surface area contributed by atoms with E-state index in [1.807, 2.05) is 30.3 Å². The molecule has 0 atom stereocenters. The van der Waals surface area contributed by atoms with Crippen LogP contribution in [0.15, 0.2) is 60.7 Å². The molecular formula is C18H15NO2. The first-order chi connectivity index (χ1) is 10.2. The highest BCUT2D eigenvalue weighted by Gasteiger charge is 2.14. The largest absolute Gasteiger partial charge is 0.496 e. The molecule has 0 aliphatic heterocycles. The molecule has 3 aromatic carbocycles. The van der Waals surface area contributed by atoms with Gasteiger partial charge in [0.05, 0.1) is 7.11 Å². The van der Waals surface area contributed by atoms with Gasteiger partial charge >= 0.3 is 0 Å². The Morgan fingerprint density at radius 2 is 1.71 bits per heavy atom. The minimum Gasteiger partial charge on any atom is -0.496 e. The van der Waals surface area contributed by atoms with Crippen molar-refractivity contribution in [2.75, 3.05) is 12.8 Å². The number of nitrogen functional groups attached to an aromatic ring is 1. The molecule has 0 amide bonds. The Labute approximate surface area is 123 Å². The minimum atomic E-state index is -0.0406. The van der Waals surface area contributed by atoms with Gasteiger partial charge in [0, 0.05) is 22.2 Å². The molecule has 0 fully saturated rings. The van der Waals surface area contributed by atoms with Crippen LogP contribution in [0.5, 0.6) is 5.75 Å². The molecule has 2 N–H and O–H groups in total. The van der Waals surface area contributed by atoms with Crippen LogP contribution in [0.4, 0.5) is 5.69 Å². The zero-order valence-electron chi connectivity index (χ0n) is 11.7. The lowest BCUT2D eigenvalue weighted by Gasteiger charge is -2.10. The number of hydrogen-bond acceptors (Lipinski definition) is 3. The van der Waals surface area contributed by atoms with Crippen molar-refractivity contribution in [3.05, 3.63) is 71.8 Å². The molecule has 0 aliphatic carbocycles. The van der Waals surface area contributed by atoms with Gasteiger partial charge in [-0.1, -0.05) is 36.4 Å². The fourth-order valence-electron chi connectivity index (χ4n) is 2.48. The number of hydrogen-bond donors (Lipinski definition) is 1. The third-order valence-electron chi connectivity index (χ3n) is 3.50. The van der Waals surface area contributed by atoms with Crippen LogP contribution >= 0.6 is 0 Å². The fourth-order valence-corrected chi connectivity index (χ4v) is 2.48. The minimum absolute atomic E-state index is 0.0406. The number of ketones is 1. The molecule has 0 aliphatic rings. The van der Waals surface area contributed by atoms with E-state index < -0.39 is 0 Å². The number of fused-ring (bicyclic) bond motifs is 1. The Morgan fingerprint density at radius 1 is 0.952 bits per heavy atom. The summed E-state index contributed by atoms with van der Waals surface area (Å²) < 4.78 is 5.36. The van der Waals surface area contributed by atoms with Gasteiger partial charge in [0.25, 0.3) is 0 Å². The molecule has 3 aromatic rings. The van der Waals surface area contributed by atoms with Crippen LogP contribution in [0, 0.1) is 0 Å². The van der Waals surface area contributed by atoms with Crippen molar-refractivity contribution < 1.29 is 9.53 Å². The molecule has 3 rings (SSSR count). The molecule has 0 unspecified atom stereocenters. The first kappa shape index (κ1) is 13.2. The van der Waals surface area contributed by atoms with Crippen LogP contribution in [0.2, 0.25) is 0 Å². The third kappa shape index (κ3) is 2.34. The Hall–Kier alpha value is -2.81. The molecule has 0 aromatic heterocycles. The van der Waals surface area contributed by atoms with Gasteiger partial charge in [-0.2, -0.15) is 0 Å². The van der Waals surface area contributed by atoms with Crippen molar-refractivity contribution in [3.8, 4) is 5.75 Å². The molecule has 104 valence electrons. The molecule has 3 heteroatoms. The van der Waals surface area contributed by atoms with Gasteiger partial charge in [-0.3, -0.25) is 4.79 Å². The van der Waals surface area contributed by atoms with Crippen LogP contribution in [-0.2, 0) is 0 Å². The Morgan fingerprint density at radius 3 is 2.43 bits per heavy atom. The lowest BCUT2D eigenvalue weighted by atomic mass is 9.96. The summed E-state index contributed by atoms with van der Waals surface area (Å²) in [6.45, 7) is 0. The summed E-state index contributed by atoms with van der Waals surface area (Å²) in [4.78, 5) is 12.7. The summed E-state index contributed by atoms with van der Waals surface area (Å²) in [5.74, 6) is 0.718. The van der Waals surface area contributed by atoms with E-state index in [1.165, 1.54) is 0 Å². The second-order valence-electron chi connectivity index (χ2n) is 4.82. The Balaban J connectivity index is 2.19. The summed E-state index contributed by atoms with van der Waals surface area (Å²) in [5.41, 5.74) is 7.58. The molecule has 0 bridgehead atoms. The summed E-state index contributed by atoms with van der Waals surface area (Å²) >= 11 is 0. The van der Waals surface area contributed by atoms with Gasteiger partial charge in [0.15, 0.2) is 5.78 Å². The second-order valence-corrected chi connectivity index (χ2v) is 4.82. The van der Waals surface area contributed by atoms with Gasteiger partial charge in [0.1, 0.15) is 5.75 Å². The topological polar surface area (TPSA) is 52.3 Å². The zero-order chi connectivity index (χ0) is 14.8. The van der Waals surface area contributed by atoms with E-state index in [0.29, 0.717) is 16.8 Å².